The zero-order valence-corrected chi connectivity index (χ0v) is 15.0. The number of nitrogens with zero attached hydrogens (tertiary/aromatic N) is 3. The van der Waals surface area contributed by atoms with Crippen molar-refractivity contribution in [3.63, 3.8) is 0 Å². The minimum absolute atomic E-state index is 0.184. The molecule has 0 amide bonds. The minimum atomic E-state index is -1.48. The van der Waals surface area contributed by atoms with E-state index in [1.807, 2.05) is 0 Å². The monoisotopic (exact) mass is 368 g/mol. The molecule has 1 fully saturated rings. The molecule has 0 spiro atoms. The second-order valence-corrected chi connectivity index (χ2v) is 7.91. The van der Waals surface area contributed by atoms with Gasteiger partial charge in [-0.15, -0.1) is 0 Å². The first-order valence-corrected chi connectivity index (χ1v) is 9.95. The maximum atomic E-state index is 14.7. The zero-order chi connectivity index (χ0) is 18.1. The molecule has 1 N–H and O–H groups in total. The fourth-order valence-electron chi connectivity index (χ4n) is 4.61. The lowest BCUT2D eigenvalue weighted by atomic mass is 9.81. The van der Waals surface area contributed by atoms with E-state index in [1.54, 1.807) is 0 Å². The SMILES string of the molecule is FC1CN=C2CCN=C(C3=NC(NC4CCCCC4)C(F)CC3F)C2C1. The van der Waals surface area contributed by atoms with Crippen LogP contribution in [0.25, 0.3) is 0 Å². The highest BCUT2D eigenvalue weighted by Crippen LogP contribution is 2.30. The van der Waals surface area contributed by atoms with Gasteiger partial charge in [0.25, 0.3) is 0 Å². The van der Waals surface area contributed by atoms with Crippen molar-refractivity contribution in [2.45, 2.75) is 82.1 Å². The first-order chi connectivity index (χ1) is 12.6. The van der Waals surface area contributed by atoms with Gasteiger partial charge in [-0.1, -0.05) is 19.3 Å². The number of rotatable bonds is 3. The summed E-state index contributed by atoms with van der Waals surface area (Å²) < 4.78 is 43.0. The molecule has 4 rings (SSSR count). The maximum Gasteiger partial charge on any atom is 0.146 e. The van der Waals surface area contributed by atoms with Crippen LogP contribution in [0.4, 0.5) is 13.2 Å². The summed E-state index contributed by atoms with van der Waals surface area (Å²) >= 11 is 0. The number of fused-ring (bicyclic) bond motifs is 1. The first kappa shape index (κ1) is 18.1. The number of halogens is 3. The Hall–Kier alpha value is -1.24. The van der Waals surface area contributed by atoms with Gasteiger partial charge in [-0.05, 0) is 19.3 Å². The van der Waals surface area contributed by atoms with Gasteiger partial charge in [-0.25, -0.2) is 13.2 Å². The van der Waals surface area contributed by atoms with Crippen LogP contribution in [0.3, 0.4) is 0 Å². The molecule has 144 valence electrons. The zero-order valence-electron chi connectivity index (χ0n) is 15.0. The molecule has 1 aliphatic carbocycles. The smallest absolute Gasteiger partial charge is 0.146 e. The lowest BCUT2D eigenvalue weighted by Crippen LogP contribution is -2.51. The molecule has 1 saturated carbocycles. The van der Waals surface area contributed by atoms with Gasteiger partial charge < -0.3 is 0 Å². The molecule has 3 heterocycles. The van der Waals surface area contributed by atoms with Gasteiger partial charge in [-0.3, -0.25) is 20.3 Å². The van der Waals surface area contributed by atoms with E-state index < -0.39 is 24.7 Å². The van der Waals surface area contributed by atoms with Crippen molar-refractivity contribution in [2.24, 2.45) is 20.9 Å². The third-order valence-electron chi connectivity index (χ3n) is 5.99. The highest BCUT2D eigenvalue weighted by molar-refractivity contribution is 6.48. The van der Waals surface area contributed by atoms with Crippen molar-refractivity contribution in [1.82, 2.24) is 5.32 Å². The van der Waals surface area contributed by atoms with E-state index in [0.717, 1.165) is 31.4 Å². The molecule has 3 aliphatic heterocycles. The second kappa shape index (κ2) is 7.79. The molecule has 4 nitrogen and oxygen atoms in total. The maximum absolute atomic E-state index is 14.7. The lowest BCUT2D eigenvalue weighted by Gasteiger charge is -2.35. The number of nitrogens with one attached hydrogen (secondary N) is 1. The minimum Gasteiger partial charge on any atom is -0.291 e. The number of hydrogen-bond acceptors (Lipinski definition) is 4. The van der Waals surface area contributed by atoms with Gasteiger partial charge in [0.15, 0.2) is 0 Å². The van der Waals surface area contributed by atoms with Crippen molar-refractivity contribution in [3.05, 3.63) is 0 Å². The molecule has 0 aromatic carbocycles. The molecule has 0 saturated heterocycles. The van der Waals surface area contributed by atoms with Crippen LogP contribution in [0.2, 0.25) is 0 Å². The Balaban J connectivity index is 1.56. The van der Waals surface area contributed by atoms with Gasteiger partial charge >= 0.3 is 0 Å². The van der Waals surface area contributed by atoms with E-state index in [4.69, 9.17) is 0 Å². The Morgan fingerprint density at radius 2 is 1.73 bits per heavy atom. The van der Waals surface area contributed by atoms with E-state index in [9.17, 15) is 13.2 Å². The summed E-state index contributed by atoms with van der Waals surface area (Å²) in [5.41, 5.74) is 1.63. The summed E-state index contributed by atoms with van der Waals surface area (Å²) in [6, 6.07) is 0.239. The summed E-state index contributed by atoms with van der Waals surface area (Å²) in [5.74, 6) is -0.295. The average Bonchev–Trinajstić information content (AvgIpc) is 2.64. The predicted octanol–water partition coefficient (Wildman–Crippen LogP) is 3.40. The van der Waals surface area contributed by atoms with E-state index in [2.05, 4.69) is 20.3 Å². The molecule has 0 radical (unpaired) electrons. The van der Waals surface area contributed by atoms with Gasteiger partial charge in [-0.2, -0.15) is 0 Å². The van der Waals surface area contributed by atoms with Crippen LogP contribution in [0.15, 0.2) is 15.0 Å². The van der Waals surface area contributed by atoms with Gasteiger partial charge in [0, 0.05) is 37.1 Å². The Bertz CT molecular complexity index is 612. The third kappa shape index (κ3) is 3.73. The fourth-order valence-corrected chi connectivity index (χ4v) is 4.61. The van der Waals surface area contributed by atoms with Crippen LogP contribution in [0.1, 0.15) is 51.4 Å². The molecular formula is C19H27F3N4. The van der Waals surface area contributed by atoms with Crippen molar-refractivity contribution in [2.75, 3.05) is 13.1 Å². The Morgan fingerprint density at radius 3 is 2.54 bits per heavy atom. The molecular weight excluding hydrogens is 341 g/mol. The quantitative estimate of drug-likeness (QED) is 0.816. The fraction of sp³-hybridized carbons (Fsp3) is 0.842. The average molecular weight is 368 g/mol. The van der Waals surface area contributed by atoms with Crippen LogP contribution in [0.5, 0.6) is 0 Å². The second-order valence-electron chi connectivity index (χ2n) is 7.91. The van der Waals surface area contributed by atoms with Crippen LogP contribution < -0.4 is 5.32 Å². The molecule has 5 atom stereocenters. The summed E-state index contributed by atoms with van der Waals surface area (Å²) in [6.45, 7) is 0.705. The first-order valence-electron chi connectivity index (χ1n) is 9.95. The number of aliphatic imine (C=N–C) groups is 3. The topological polar surface area (TPSA) is 49.1 Å². The normalized spacial score (nSPS) is 38.9. The highest BCUT2D eigenvalue weighted by atomic mass is 19.1. The van der Waals surface area contributed by atoms with Crippen LogP contribution in [0, 0.1) is 5.92 Å². The van der Waals surface area contributed by atoms with Gasteiger partial charge in [0.1, 0.15) is 24.7 Å². The van der Waals surface area contributed by atoms with Crippen molar-refractivity contribution >= 4 is 17.1 Å². The highest BCUT2D eigenvalue weighted by Gasteiger charge is 2.41. The summed E-state index contributed by atoms with van der Waals surface area (Å²) in [7, 11) is 0. The lowest BCUT2D eigenvalue weighted by molar-refractivity contribution is 0.175. The summed E-state index contributed by atoms with van der Waals surface area (Å²) in [5, 5.41) is 3.29. The van der Waals surface area contributed by atoms with E-state index in [-0.39, 0.29) is 37.1 Å². The molecule has 26 heavy (non-hydrogen) atoms. The standard InChI is InChI=1S/C19H27F3N4/c20-11-8-13-16(24-10-11)6-7-23-17(13)18-14(21)9-15(22)19(26-18)25-12-4-2-1-3-5-12/h11-15,19,25H,1-10H2. The molecule has 0 aromatic heterocycles. The van der Waals surface area contributed by atoms with Crippen molar-refractivity contribution in [1.29, 1.82) is 0 Å². The van der Waals surface area contributed by atoms with E-state index in [0.29, 0.717) is 18.7 Å². The molecule has 4 aliphatic rings. The Labute approximate surface area is 152 Å². The largest absolute Gasteiger partial charge is 0.291 e. The van der Waals surface area contributed by atoms with Crippen molar-refractivity contribution in [3.8, 4) is 0 Å². The molecule has 5 unspecified atom stereocenters. The van der Waals surface area contributed by atoms with Gasteiger partial charge in [0.05, 0.1) is 18.0 Å². The van der Waals surface area contributed by atoms with E-state index in [1.165, 1.54) is 6.42 Å². The summed E-state index contributed by atoms with van der Waals surface area (Å²) in [6.07, 6.45) is 1.70. The van der Waals surface area contributed by atoms with Crippen LogP contribution in [-0.4, -0.2) is 60.9 Å². The number of hydrogen-bond donors (Lipinski definition) is 1. The van der Waals surface area contributed by atoms with Crippen molar-refractivity contribution < 1.29 is 13.2 Å². The third-order valence-corrected chi connectivity index (χ3v) is 5.99. The number of alkyl halides is 3. The van der Waals surface area contributed by atoms with Crippen LogP contribution >= 0.6 is 0 Å². The van der Waals surface area contributed by atoms with Crippen LogP contribution in [-0.2, 0) is 0 Å². The van der Waals surface area contributed by atoms with Gasteiger partial charge in [0.2, 0.25) is 0 Å². The Morgan fingerprint density at radius 1 is 0.923 bits per heavy atom. The Kier molecular flexibility index (Phi) is 5.43. The molecule has 7 heteroatoms. The molecule has 0 bridgehead atoms. The van der Waals surface area contributed by atoms with E-state index >= 15 is 0 Å². The molecule has 0 aromatic rings. The predicted molar refractivity (Wildman–Crippen MR) is 97.9 cm³/mol. The summed E-state index contributed by atoms with van der Waals surface area (Å²) in [4.78, 5) is 13.2.